The summed E-state index contributed by atoms with van der Waals surface area (Å²) in [4.78, 5) is 0.864. The van der Waals surface area contributed by atoms with E-state index in [1.165, 1.54) is 19.3 Å². The molecule has 0 saturated carbocycles. The fraction of sp³-hybridized carbons (Fsp3) is 0.500. The molecule has 0 aromatic heterocycles. The first-order valence-electron chi connectivity index (χ1n) is 5.23. The smallest absolute Gasteiger partial charge is 0.119 e. The van der Waals surface area contributed by atoms with E-state index >= 15 is 0 Å². The van der Waals surface area contributed by atoms with Crippen molar-refractivity contribution in [2.24, 2.45) is 0 Å². The molecule has 2 heteroatoms. The summed E-state index contributed by atoms with van der Waals surface area (Å²) in [6.45, 7) is 3.03. The van der Waals surface area contributed by atoms with E-state index in [4.69, 9.17) is 17.4 Å². The first-order valence-corrected chi connectivity index (χ1v) is 5.63. The quantitative estimate of drug-likeness (QED) is 0.638. The van der Waals surface area contributed by atoms with Gasteiger partial charge in [-0.15, -0.1) is 0 Å². The second kappa shape index (κ2) is 6.66. The molecule has 0 spiro atoms. The topological polar surface area (TPSA) is 9.23 Å². The predicted molar refractivity (Wildman–Crippen MR) is 61.9 cm³/mol. The molecule has 77 valence electrons. The Labute approximate surface area is 91.9 Å². The second-order valence-electron chi connectivity index (χ2n) is 3.38. The van der Waals surface area contributed by atoms with Crippen molar-refractivity contribution in [2.75, 3.05) is 6.61 Å². The molecule has 0 aliphatic rings. The highest BCUT2D eigenvalue weighted by molar-refractivity contribution is 7.80. The summed E-state index contributed by atoms with van der Waals surface area (Å²) >= 11 is 4.99. The van der Waals surface area contributed by atoms with Crippen LogP contribution in [0.15, 0.2) is 29.2 Å². The zero-order valence-electron chi connectivity index (χ0n) is 8.66. The molecule has 0 aliphatic heterocycles. The van der Waals surface area contributed by atoms with E-state index in [0.29, 0.717) is 0 Å². The molecule has 1 aromatic carbocycles. The lowest BCUT2D eigenvalue weighted by molar-refractivity contribution is 0.305. The molecule has 0 N–H and O–H groups in total. The molecule has 1 rings (SSSR count). The minimum Gasteiger partial charge on any atom is -0.494 e. The third-order valence-corrected chi connectivity index (χ3v) is 2.36. The maximum Gasteiger partial charge on any atom is 0.119 e. The van der Waals surface area contributed by atoms with Gasteiger partial charge < -0.3 is 4.74 Å². The van der Waals surface area contributed by atoms with Gasteiger partial charge in [-0.3, -0.25) is 0 Å². The fourth-order valence-electron chi connectivity index (χ4n) is 1.25. The molecule has 1 radical (unpaired) electrons. The summed E-state index contributed by atoms with van der Waals surface area (Å²) in [6, 6.07) is 7.66. The Hall–Kier alpha value is -0.760. The highest BCUT2D eigenvalue weighted by atomic mass is 32.1. The van der Waals surface area contributed by atoms with Gasteiger partial charge in [0.2, 0.25) is 0 Å². The van der Waals surface area contributed by atoms with Crippen LogP contribution in [0.1, 0.15) is 32.6 Å². The Morgan fingerprint density at radius 3 is 2.43 bits per heavy atom. The number of ether oxygens (including phenoxy) is 1. The summed E-state index contributed by atoms with van der Waals surface area (Å²) in [7, 11) is 0. The molecule has 0 atom stereocenters. The highest BCUT2D eigenvalue weighted by Crippen LogP contribution is 2.14. The van der Waals surface area contributed by atoms with Crippen molar-refractivity contribution < 1.29 is 4.74 Å². The van der Waals surface area contributed by atoms with Crippen LogP contribution in [-0.4, -0.2) is 6.61 Å². The zero-order valence-corrected chi connectivity index (χ0v) is 9.48. The molecule has 1 nitrogen and oxygen atoms in total. The normalized spacial score (nSPS) is 10.1. The van der Waals surface area contributed by atoms with Gasteiger partial charge in [-0.05, 0) is 30.7 Å². The van der Waals surface area contributed by atoms with E-state index in [2.05, 4.69) is 6.92 Å². The summed E-state index contributed by atoms with van der Waals surface area (Å²) in [6.07, 6.45) is 4.97. The maximum atomic E-state index is 5.56. The van der Waals surface area contributed by atoms with Gasteiger partial charge in [0.15, 0.2) is 0 Å². The van der Waals surface area contributed by atoms with Crippen molar-refractivity contribution in [2.45, 2.75) is 37.5 Å². The molecule has 0 saturated heterocycles. The van der Waals surface area contributed by atoms with Crippen LogP contribution in [0.3, 0.4) is 0 Å². The standard InChI is InChI=1S/C12H17OS/c1-2-3-4-5-10-13-11-6-8-12(14)9-7-11/h6-9H,2-5,10H2,1H3. The number of hydrogen-bond acceptors (Lipinski definition) is 1. The average molecular weight is 209 g/mol. The van der Waals surface area contributed by atoms with Gasteiger partial charge in [0, 0.05) is 4.90 Å². The Morgan fingerprint density at radius 1 is 1.07 bits per heavy atom. The minimum absolute atomic E-state index is 0.816. The number of rotatable bonds is 6. The first kappa shape index (κ1) is 11.3. The Bertz CT molecular complexity index is 243. The van der Waals surface area contributed by atoms with E-state index in [-0.39, 0.29) is 0 Å². The lowest BCUT2D eigenvalue weighted by Gasteiger charge is -2.05. The monoisotopic (exact) mass is 209 g/mol. The predicted octanol–water partition coefficient (Wildman–Crippen LogP) is 4.20. The van der Waals surface area contributed by atoms with Crippen molar-refractivity contribution >= 4 is 12.6 Å². The van der Waals surface area contributed by atoms with Crippen molar-refractivity contribution in [3.05, 3.63) is 24.3 Å². The maximum absolute atomic E-state index is 5.56. The van der Waals surface area contributed by atoms with Gasteiger partial charge in [-0.25, -0.2) is 0 Å². The van der Waals surface area contributed by atoms with E-state index in [1.54, 1.807) is 0 Å². The molecule has 0 aliphatic carbocycles. The van der Waals surface area contributed by atoms with E-state index < -0.39 is 0 Å². The zero-order chi connectivity index (χ0) is 10.2. The Kier molecular flexibility index (Phi) is 5.38. The molecule has 0 bridgehead atoms. The number of benzene rings is 1. The van der Waals surface area contributed by atoms with Crippen LogP contribution in [0, 0.1) is 0 Å². The van der Waals surface area contributed by atoms with Gasteiger partial charge in [0.05, 0.1) is 6.61 Å². The Balaban J connectivity index is 2.15. The third-order valence-electron chi connectivity index (χ3n) is 2.09. The summed E-state index contributed by atoms with van der Waals surface area (Å²) in [5.74, 6) is 0.926. The molecule has 0 heterocycles. The molecule has 0 unspecified atom stereocenters. The van der Waals surface area contributed by atoms with Crippen molar-refractivity contribution in [3.63, 3.8) is 0 Å². The Morgan fingerprint density at radius 2 is 1.79 bits per heavy atom. The van der Waals surface area contributed by atoms with Gasteiger partial charge in [-0.2, -0.15) is 0 Å². The highest BCUT2D eigenvalue weighted by Gasteiger charge is 1.93. The van der Waals surface area contributed by atoms with Crippen LogP contribution in [0.2, 0.25) is 0 Å². The number of unbranched alkanes of at least 4 members (excludes halogenated alkanes) is 3. The van der Waals surface area contributed by atoms with Gasteiger partial charge in [-0.1, -0.05) is 38.8 Å². The fourth-order valence-corrected chi connectivity index (χ4v) is 1.39. The SMILES string of the molecule is CCCCCCOc1ccc([S])cc1. The van der Waals surface area contributed by atoms with Crippen LogP contribution < -0.4 is 4.74 Å². The molecule has 0 amide bonds. The average Bonchev–Trinajstić information content (AvgIpc) is 2.21. The van der Waals surface area contributed by atoms with E-state index in [1.807, 2.05) is 24.3 Å². The molecular weight excluding hydrogens is 192 g/mol. The first-order chi connectivity index (χ1) is 6.83. The minimum atomic E-state index is 0.816. The lowest BCUT2D eigenvalue weighted by Crippen LogP contribution is -1.96. The van der Waals surface area contributed by atoms with Crippen LogP contribution in [-0.2, 0) is 0 Å². The third kappa shape index (κ3) is 4.47. The van der Waals surface area contributed by atoms with Gasteiger partial charge >= 0.3 is 0 Å². The largest absolute Gasteiger partial charge is 0.494 e. The molecule has 1 aromatic rings. The van der Waals surface area contributed by atoms with E-state index in [0.717, 1.165) is 23.7 Å². The second-order valence-corrected chi connectivity index (χ2v) is 3.85. The molecule has 0 fully saturated rings. The number of hydrogen-bond donors (Lipinski definition) is 0. The summed E-state index contributed by atoms with van der Waals surface area (Å²) in [5, 5.41) is 0. The van der Waals surface area contributed by atoms with Crippen LogP contribution >= 0.6 is 12.6 Å². The van der Waals surface area contributed by atoms with Crippen LogP contribution in [0.4, 0.5) is 0 Å². The van der Waals surface area contributed by atoms with Crippen molar-refractivity contribution in [1.29, 1.82) is 0 Å². The van der Waals surface area contributed by atoms with Crippen LogP contribution in [0.5, 0.6) is 5.75 Å². The van der Waals surface area contributed by atoms with E-state index in [9.17, 15) is 0 Å². The summed E-state index contributed by atoms with van der Waals surface area (Å²) < 4.78 is 5.56. The molecular formula is C12H17OS. The van der Waals surface area contributed by atoms with Crippen molar-refractivity contribution in [3.8, 4) is 5.75 Å². The van der Waals surface area contributed by atoms with Crippen molar-refractivity contribution in [1.82, 2.24) is 0 Å². The lowest BCUT2D eigenvalue weighted by atomic mass is 10.2. The van der Waals surface area contributed by atoms with Crippen LogP contribution in [0.25, 0.3) is 0 Å². The van der Waals surface area contributed by atoms with Gasteiger partial charge in [0.25, 0.3) is 0 Å². The van der Waals surface area contributed by atoms with Gasteiger partial charge in [0.1, 0.15) is 5.75 Å². The molecule has 14 heavy (non-hydrogen) atoms. The summed E-state index contributed by atoms with van der Waals surface area (Å²) in [5.41, 5.74) is 0.